The lowest BCUT2D eigenvalue weighted by Gasteiger charge is -2.23. The highest BCUT2D eigenvalue weighted by atomic mass is 35.5. The lowest BCUT2D eigenvalue weighted by molar-refractivity contribution is -0.905. The molecule has 0 aliphatic carbocycles. The smallest absolute Gasteiger partial charge is 0.191 e. The maximum Gasteiger partial charge on any atom is 0.191 e. The van der Waals surface area contributed by atoms with Gasteiger partial charge >= 0.3 is 0 Å². The highest BCUT2D eigenvalue weighted by Gasteiger charge is 2.15. The van der Waals surface area contributed by atoms with Gasteiger partial charge < -0.3 is 19.5 Å². The van der Waals surface area contributed by atoms with Crippen molar-refractivity contribution in [3.8, 4) is 0 Å². The molecule has 0 bridgehead atoms. The molecule has 1 fully saturated rings. The van der Waals surface area contributed by atoms with Crippen LogP contribution in [0.1, 0.15) is 12.7 Å². The lowest BCUT2D eigenvalue weighted by atomic mass is 10.3. The van der Waals surface area contributed by atoms with Gasteiger partial charge in [-0.2, -0.15) is 0 Å². The number of hydrogen-bond donors (Lipinski definition) is 2. The van der Waals surface area contributed by atoms with E-state index in [2.05, 4.69) is 27.0 Å². The zero-order valence-corrected chi connectivity index (χ0v) is 16.1. The van der Waals surface area contributed by atoms with Gasteiger partial charge in [-0.25, -0.2) is 0 Å². The molecule has 0 saturated carbocycles. The Kier molecular flexibility index (Phi) is 6.98. The van der Waals surface area contributed by atoms with E-state index in [1.165, 1.54) is 0 Å². The highest BCUT2D eigenvalue weighted by Crippen LogP contribution is 2.18. The molecule has 1 saturated heterocycles. The molecule has 0 radical (unpaired) electrons. The van der Waals surface area contributed by atoms with Crippen LogP contribution in [-0.2, 0) is 17.8 Å². The number of thioether (sulfide) groups is 1. The number of halogens is 1. The van der Waals surface area contributed by atoms with Crippen molar-refractivity contribution in [1.29, 1.82) is 0 Å². The molecule has 2 N–H and O–H groups in total. The number of aromatic nitrogens is 3. The molecule has 2 aromatic rings. The molecular formula is C17H25ClN5OS+. The average Bonchev–Trinajstić information content (AvgIpc) is 3.03. The second kappa shape index (κ2) is 9.43. The van der Waals surface area contributed by atoms with Crippen LogP contribution in [-0.4, -0.2) is 53.4 Å². The molecular weight excluding hydrogens is 358 g/mol. The van der Waals surface area contributed by atoms with Crippen LogP contribution in [0.25, 0.3) is 0 Å². The first kappa shape index (κ1) is 18.5. The monoisotopic (exact) mass is 382 g/mol. The van der Waals surface area contributed by atoms with Gasteiger partial charge in [0, 0.05) is 17.3 Å². The van der Waals surface area contributed by atoms with Gasteiger partial charge in [-0.05, 0) is 25.1 Å². The zero-order valence-electron chi connectivity index (χ0n) is 14.5. The van der Waals surface area contributed by atoms with E-state index in [-0.39, 0.29) is 0 Å². The van der Waals surface area contributed by atoms with E-state index < -0.39 is 0 Å². The minimum atomic E-state index is 0.635. The van der Waals surface area contributed by atoms with Crippen molar-refractivity contribution in [3.05, 3.63) is 35.1 Å². The predicted molar refractivity (Wildman–Crippen MR) is 102 cm³/mol. The molecule has 1 aliphatic heterocycles. The van der Waals surface area contributed by atoms with Gasteiger partial charge in [0.25, 0.3) is 0 Å². The Hall–Kier alpha value is -1.28. The Morgan fingerprint density at radius 2 is 2.16 bits per heavy atom. The van der Waals surface area contributed by atoms with Gasteiger partial charge in [0.1, 0.15) is 13.1 Å². The van der Waals surface area contributed by atoms with Crippen LogP contribution < -0.4 is 10.2 Å². The molecule has 2 heterocycles. The van der Waals surface area contributed by atoms with E-state index in [9.17, 15) is 0 Å². The van der Waals surface area contributed by atoms with Crippen molar-refractivity contribution in [1.82, 2.24) is 14.8 Å². The van der Waals surface area contributed by atoms with Crippen LogP contribution in [0.3, 0.4) is 0 Å². The molecule has 0 unspecified atom stereocenters. The van der Waals surface area contributed by atoms with Crippen molar-refractivity contribution in [2.45, 2.75) is 25.2 Å². The Labute approximate surface area is 157 Å². The van der Waals surface area contributed by atoms with Crippen molar-refractivity contribution in [2.75, 3.05) is 43.9 Å². The Bertz CT molecular complexity index is 675. The molecule has 1 aromatic carbocycles. The fourth-order valence-corrected chi connectivity index (χ4v) is 4.10. The number of ether oxygens (including phenoxy) is 1. The van der Waals surface area contributed by atoms with E-state index in [4.69, 9.17) is 16.3 Å². The summed E-state index contributed by atoms with van der Waals surface area (Å²) in [6.07, 6.45) is 0. The highest BCUT2D eigenvalue weighted by molar-refractivity contribution is 7.99. The van der Waals surface area contributed by atoms with Crippen LogP contribution in [0.2, 0.25) is 5.02 Å². The minimum absolute atomic E-state index is 0.635. The topological polar surface area (TPSA) is 56.4 Å². The summed E-state index contributed by atoms with van der Waals surface area (Å²) in [4.78, 5) is 1.61. The molecule has 1 aliphatic rings. The number of benzene rings is 1. The van der Waals surface area contributed by atoms with Crippen LogP contribution in [0.4, 0.5) is 5.69 Å². The maximum atomic E-state index is 6.02. The molecule has 1 aromatic heterocycles. The maximum absolute atomic E-state index is 6.02. The van der Waals surface area contributed by atoms with Crippen LogP contribution in [0, 0.1) is 0 Å². The molecule has 136 valence electrons. The van der Waals surface area contributed by atoms with Crippen LogP contribution in [0.5, 0.6) is 0 Å². The van der Waals surface area contributed by atoms with Gasteiger partial charge in [-0.15, -0.1) is 10.2 Å². The van der Waals surface area contributed by atoms with Crippen molar-refractivity contribution >= 4 is 29.1 Å². The third-order valence-electron chi connectivity index (χ3n) is 4.27. The summed E-state index contributed by atoms with van der Waals surface area (Å²) < 4.78 is 7.58. The van der Waals surface area contributed by atoms with Gasteiger partial charge in [0.15, 0.2) is 11.0 Å². The van der Waals surface area contributed by atoms with E-state index in [0.29, 0.717) is 6.54 Å². The van der Waals surface area contributed by atoms with E-state index >= 15 is 0 Å². The van der Waals surface area contributed by atoms with Crippen molar-refractivity contribution < 1.29 is 9.64 Å². The molecule has 3 rings (SSSR count). The second-order valence-corrected chi connectivity index (χ2v) is 7.47. The molecule has 6 nitrogen and oxygen atoms in total. The van der Waals surface area contributed by atoms with Gasteiger partial charge in [0.2, 0.25) is 0 Å². The SMILES string of the molecule is CCn1c(CNc2cccc(Cl)c2)nnc1SCC[NH+]1CCOCC1. The van der Waals surface area contributed by atoms with E-state index in [0.717, 1.165) is 66.8 Å². The Morgan fingerprint density at radius 1 is 1.32 bits per heavy atom. The molecule has 0 atom stereocenters. The van der Waals surface area contributed by atoms with Crippen molar-refractivity contribution in [2.24, 2.45) is 0 Å². The molecule has 0 spiro atoms. The third-order valence-corrected chi connectivity index (χ3v) is 5.48. The third kappa shape index (κ3) is 5.34. The summed E-state index contributed by atoms with van der Waals surface area (Å²) >= 11 is 7.81. The van der Waals surface area contributed by atoms with E-state index in [1.54, 1.807) is 16.7 Å². The first-order chi connectivity index (χ1) is 12.3. The second-order valence-electron chi connectivity index (χ2n) is 5.97. The summed E-state index contributed by atoms with van der Waals surface area (Å²) in [6, 6.07) is 7.71. The Morgan fingerprint density at radius 3 is 2.92 bits per heavy atom. The predicted octanol–water partition coefficient (Wildman–Crippen LogP) is 1.57. The lowest BCUT2D eigenvalue weighted by Crippen LogP contribution is -3.14. The van der Waals surface area contributed by atoms with Crippen LogP contribution >= 0.6 is 23.4 Å². The normalized spacial score (nSPS) is 15.4. The number of anilines is 1. The number of rotatable bonds is 8. The zero-order chi connectivity index (χ0) is 17.5. The Balaban J connectivity index is 1.53. The van der Waals surface area contributed by atoms with Gasteiger partial charge in [-0.3, -0.25) is 0 Å². The van der Waals surface area contributed by atoms with Crippen molar-refractivity contribution in [3.63, 3.8) is 0 Å². The number of nitrogens with one attached hydrogen (secondary N) is 2. The largest absolute Gasteiger partial charge is 0.378 e. The summed E-state index contributed by atoms with van der Waals surface area (Å²) in [5.74, 6) is 2.00. The summed E-state index contributed by atoms with van der Waals surface area (Å²) in [5, 5.41) is 13.8. The van der Waals surface area contributed by atoms with Crippen LogP contribution in [0.15, 0.2) is 29.4 Å². The number of quaternary nitrogens is 1. The molecule has 25 heavy (non-hydrogen) atoms. The first-order valence-electron chi connectivity index (χ1n) is 8.72. The first-order valence-corrected chi connectivity index (χ1v) is 10.1. The quantitative estimate of drug-likeness (QED) is 0.679. The fraction of sp³-hybridized carbons (Fsp3) is 0.529. The fourth-order valence-electron chi connectivity index (χ4n) is 2.85. The van der Waals surface area contributed by atoms with Gasteiger partial charge in [0.05, 0.1) is 32.1 Å². The average molecular weight is 383 g/mol. The minimum Gasteiger partial charge on any atom is -0.378 e. The molecule has 0 amide bonds. The number of morpholine rings is 1. The number of nitrogens with zero attached hydrogens (tertiary/aromatic N) is 3. The standard InChI is InChI=1S/C17H24ClN5OS/c1-2-23-16(13-19-15-5-3-4-14(18)12-15)20-21-17(23)25-11-8-22-6-9-24-10-7-22/h3-5,12,19H,2,6-11,13H2,1H3/p+1. The van der Waals surface area contributed by atoms with Gasteiger partial charge in [-0.1, -0.05) is 29.4 Å². The number of hydrogen-bond acceptors (Lipinski definition) is 5. The van der Waals surface area contributed by atoms with E-state index in [1.807, 2.05) is 24.3 Å². The molecule has 8 heteroatoms. The summed E-state index contributed by atoms with van der Waals surface area (Å²) in [7, 11) is 0. The summed E-state index contributed by atoms with van der Waals surface area (Å²) in [6.45, 7) is 8.74. The summed E-state index contributed by atoms with van der Waals surface area (Å²) in [5.41, 5.74) is 0.989.